The van der Waals surface area contributed by atoms with Crippen molar-refractivity contribution < 1.29 is 4.92 Å². The molecule has 16 heavy (non-hydrogen) atoms. The number of aromatic nitrogens is 1. The number of anilines is 1. The van der Waals surface area contributed by atoms with Crippen molar-refractivity contribution in [2.45, 2.75) is 33.2 Å². The molecule has 1 atom stereocenters. The number of pyridine rings is 1. The third-order valence-electron chi connectivity index (χ3n) is 3.11. The van der Waals surface area contributed by atoms with E-state index < -0.39 is 0 Å². The van der Waals surface area contributed by atoms with Gasteiger partial charge >= 0.3 is 0 Å². The Bertz CT molecular complexity index is 443. The molecule has 1 aliphatic rings. The fraction of sp³-hybridized carbons (Fsp3) is 0.545. The highest BCUT2D eigenvalue weighted by Gasteiger charge is 2.45. The van der Waals surface area contributed by atoms with Gasteiger partial charge in [0.05, 0.1) is 11.0 Å². The SMILES string of the molecule is Cc1cnc(NC2CC2(C)C)cc1[N+](=O)[O-]. The first-order valence-electron chi connectivity index (χ1n) is 5.28. The maximum Gasteiger partial charge on any atom is 0.277 e. The minimum absolute atomic E-state index is 0.121. The zero-order chi connectivity index (χ0) is 11.9. The van der Waals surface area contributed by atoms with Gasteiger partial charge in [0.1, 0.15) is 5.82 Å². The van der Waals surface area contributed by atoms with Gasteiger partial charge in [-0.1, -0.05) is 13.8 Å². The number of aryl methyl sites for hydroxylation is 1. The lowest BCUT2D eigenvalue weighted by Gasteiger charge is -2.07. The molecule has 0 aliphatic heterocycles. The van der Waals surface area contributed by atoms with Crippen molar-refractivity contribution in [1.29, 1.82) is 0 Å². The maximum atomic E-state index is 10.8. The molecule has 86 valence electrons. The minimum atomic E-state index is -0.375. The number of hydrogen-bond acceptors (Lipinski definition) is 4. The minimum Gasteiger partial charge on any atom is -0.367 e. The molecule has 1 heterocycles. The second-order valence-corrected chi connectivity index (χ2v) is 5.00. The molecule has 0 radical (unpaired) electrons. The van der Waals surface area contributed by atoms with Crippen LogP contribution < -0.4 is 5.32 Å². The molecule has 1 unspecified atom stereocenters. The van der Waals surface area contributed by atoms with Crippen LogP contribution in [0.15, 0.2) is 12.3 Å². The molecule has 5 nitrogen and oxygen atoms in total. The van der Waals surface area contributed by atoms with E-state index in [0.717, 1.165) is 6.42 Å². The topological polar surface area (TPSA) is 68.1 Å². The third-order valence-corrected chi connectivity index (χ3v) is 3.11. The maximum absolute atomic E-state index is 10.8. The number of rotatable bonds is 3. The van der Waals surface area contributed by atoms with E-state index >= 15 is 0 Å². The molecular formula is C11H15N3O2. The molecule has 0 aromatic carbocycles. The average Bonchev–Trinajstić information content (AvgIpc) is 2.76. The normalized spacial score (nSPS) is 21.6. The molecule has 1 saturated carbocycles. The van der Waals surface area contributed by atoms with Crippen LogP contribution in [-0.4, -0.2) is 15.9 Å². The molecule has 1 aromatic rings. The second-order valence-electron chi connectivity index (χ2n) is 5.00. The lowest BCUT2D eigenvalue weighted by atomic mass is 10.2. The quantitative estimate of drug-likeness (QED) is 0.629. The Labute approximate surface area is 94.0 Å². The smallest absolute Gasteiger partial charge is 0.277 e. The highest BCUT2D eigenvalue weighted by Crippen LogP contribution is 2.46. The van der Waals surface area contributed by atoms with Gasteiger partial charge in [-0.15, -0.1) is 0 Å². The summed E-state index contributed by atoms with van der Waals surface area (Å²) in [7, 11) is 0. The third kappa shape index (κ3) is 1.98. The molecule has 0 saturated heterocycles. The monoisotopic (exact) mass is 221 g/mol. The van der Waals surface area contributed by atoms with Crippen molar-refractivity contribution >= 4 is 11.5 Å². The van der Waals surface area contributed by atoms with E-state index in [-0.39, 0.29) is 16.0 Å². The molecular weight excluding hydrogens is 206 g/mol. The fourth-order valence-electron chi connectivity index (χ4n) is 1.68. The molecule has 1 aliphatic carbocycles. The van der Waals surface area contributed by atoms with Crippen molar-refractivity contribution in [3.8, 4) is 0 Å². The largest absolute Gasteiger partial charge is 0.367 e. The fourth-order valence-corrected chi connectivity index (χ4v) is 1.68. The summed E-state index contributed by atoms with van der Waals surface area (Å²) < 4.78 is 0. The first-order chi connectivity index (χ1) is 7.40. The van der Waals surface area contributed by atoms with Gasteiger partial charge < -0.3 is 5.32 Å². The molecule has 1 aromatic heterocycles. The molecule has 0 spiro atoms. The average molecular weight is 221 g/mol. The first kappa shape index (κ1) is 10.9. The summed E-state index contributed by atoms with van der Waals surface area (Å²) in [6.45, 7) is 6.01. The van der Waals surface area contributed by atoms with E-state index in [2.05, 4.69) is 24.1 Å². The van der Waals surface area contributed by atoms with Gasteiger partial charge in [-0.25, -0.2) is 4.98 Å². The summed E-state index contributed by atoms with van der Waals surface area (Å²) in [6, 6.07) is 1.88. The summed E-state index contributed by atoms with van der Waals surface area (Å²) in [5.41, 5.74) is 0.989. The number of nitrogens with one attached hydrogen (secondary N) is 1. The van der Waals surface area contributed by atoms with Crippen LogP contribution >= 0.6 is 0 Å². The Morgan fingerprint density at radius 1 is 1.62 bits per heavy atom. The van der Waals surface area contributed by atoms with Gasteiger partial charge in [0, 0.05) is 17.8 Å². The summed E-state index contributed by atoms with van der Waals surface area (Å²) in [4.78, 5) is 14.5. The standard InChI is InChI=1S/C11H15N3O2/c1-7-6-12-10(4-8(7)14(15)16)13-9-5-11(9,2)3/h4,6,9H,5H2,1-3H3,(H,12,13). The molecule has 0 amide bonds. The van der Waals surface area contributed by atoms with Crippen molar-refractivity contribution in [1.82, 2.24) is 4.98 Å². The second kappa shape index (κ2) is 3.43. The Hall–Kier alpha value is -1.65. The summed E-state index contributed by atoms with van der Waals surface area (Å²) >= 11 is 0. The molecule has 1 fully saturated rings. The Kier molecular flexibility index (Phi) is 2.33. The number of nitro groups is 1. The van der Waals surface area contributed by atoms with E-state index in [1.54, 1.807) is 6.92 Å². The van der Waals surface area contributed by atoms with E-state index in [1.165, 1.54) is 12.3 Å². The van der Waals surface area contributed by atoms with Crippen LogP contribution in [-0.2, 0) is 0 Å². The van der Waals surface area contributed by atoms with Gasteiger partial charge in [-0.05, 0) is 18.8 Å². The van der Waals surface area contributed by atoms with Crippen molar-refractivity contribution in [3.05, 3.63) is 27.9 Å². The molecule has 5 heteroatoms. The van der Waals surface area contributed by atoms with E-state index in [9.17, 15) is 10.1 Å². The van der Waals surface area contributed by atoms with Gasteiger partial charge in [0.2, 0.25) is 0 Å². The number of hydrogen-bond donors (Lipinski definition) is 1. The van der Waals surface area contributed by atoms with Crippen LogP contribution in [0.3, 0.4) is 0 Å². The Morgan fingerprint density at radius 3 is 2.75 bits per heavy atom. The van der Waals surface area contributed by atoms with E-state index in [4.69, 9.17) is 0 Å². The highest BCUT2D eigenvalue weighted by atomic mass is 16.6. The van der Waals surface area contributed by atoms with E-state index in [0.29, 0.717) is 17.4 Å². The van der Waals surface area contributed by atoms with Gasteiger partial charge in [-0.3, -0.25) is 10.1 Å². The highest BCUT2D eigenvalue weighted by molar-refractivity contribution is 5.50. The van der Waals surface area contributed by atoms with Crippen LogP contribution in [0.5, 0.6) is 0 Å². The van der Waals surface area contributed by atoms with Crippen molar-refractivity contribution in [2.75, 3.05) is 5.32 Å². The molecule has 2 rings (SSSR count). The Morgan fingerprint density at radius 2 is 2.25 bits per heavy atom. The Balaban J connectivity index is 2.17. The van der Waals surface area contributed by atoms with Gasteiger partial charge in [0.15, 0.2) is 0 Å². The number of nitrogens with zero attached hydrogens (tertiary/aromatic N) is 2. The van der Waals surface area contributed by atoms with Crippen LogP contribution in [0.2, 0.25) is 0 Å². The van der Waals surface area contributed by atoms with Crippen molar-refractivity contribution in [2.24, 2.45) is 5.41 Å². The molecule has 1 N–H and O–H groups in total. The lowest BCUT2D eigenvalue weighted by Crippen LogP contribution is -2.10. The predicted octanol–water partition coefficient (Wildman–Crippen LogP) is 2.51. The molecule has 0 bridgehead atoms. The van der Waals surface area contributed by atoms with Gasteiger partial charge in [0.25, 0.3) is 5.69 Å². The summed E-state index contributed by atoms with van der Waals surface area (Å²) in [6.07, 6.45) is 2.62. The predicted molar refractivity (Wildman–Crippen MR) is 61.4 cm³/mol. The zero-order valence-electron chi connectivity index (χ0n) is 9.65. The summed E-state index contributed by atoms with van der Waals surface area (Å²) in [5.74, 6) is 0.591. The van der Waals surface area contributed by atoms with Gasteiger partial charge in [-0.2, -0.15) is 0 Å². The zero-order valence-corrected chi connectivity index (χ0v) is 9.65. The van der Waals surface area contributed by atoms with Crippen molar-refractivity contribution in [3.63, 3.8) is 0 Å². The lowest BCUT2D eigenvalue weighted by molar-refractivity contribution is -0.385. The van der Waals surface area contributed by atoms with Crippen LogP contribution in [0.1, 0.15) is 25.8 Å². The van der Waals surface area contributed by atoms with Crippen LogP contribution in [0.25, 0.3) is 0 Å². The van der Waals surface area contributed by atoms with Crippen LogP contribution in [0, 0.1) is 22.5 Å². The van der Waals surface area contributed by atoms with Crippen LogP contribution in [0.4, 0.5) is 11.5 Å². The first-order valence-corrected chi connectivity index (χ1v) is 5.28. The van der Waals surface area contributed by atoms with E-state index in [1.807, 2.05) is 0 Å². The summed E-state index contributed by atoms with van der Waals surface area (Å²) in [5, 5.41) is 14.0.